The van der Waals surface area contributed by atoms with Gasteiger partial charge in [0.2, 0.25) is 0 Å². The molecule has 68 valence electrons. The molecule has 1 nitrogen and oxygen atoms in total. The van der Waals surface area contributed by atoms with Crippen LogP contribution in [-0.4, -0.2) is 10.6 Å². The number of hydrogen-bond donors (Lipinski definition) is 0. The van der Waals surface area contributed by atoms with Crippen LogP contribution in [0.25, 0.3) is 0 Å². The molecule has 0 radical (unpaired) electrons. The van der Waals surface area contributed by atoms with Crippen LogP contribution in [0.2, 0.25) is 0 Å². The fourth-order valence-electron chi connectivity index (χ4n) is 2.98. The molecule has 2 heteroatoms. The van der Waals surface area contributed by atoms with Gasteiger partial charge < -0.3 is 0 Å². The Labute approximate surface area is 82.0 Å². The lowest BCUT2D eigenvalue weighted by molar-refractivity contribution is -0.127. The predicted molar refractivity (Wildman–Crippen MR) is 52.3 cm³/mol. The van der Waals surface area contributed by atoms with Gasteiger partial charge in [-0.2, -0.15) is 0 Å². The second-order valence-corrected chi connectivity index (χ2v) is 5.95. The van der Waals surface area contributed by atoms with Gasteiger partial charge in [0.05, 0.1) is 4.83 Å². The molecule has 2 aliphatic rings. The minimum Gasteiger partial charge on any atom is -0.298 e. The van der Waals surface area contributed by atoms with Crippen molar-refractivity contribution in [1.82, 2.24) is 0 Å². The third kappa shape index (κ3) is 0.688. The Balaban J connectivity index is 2.50. The zero-order valence-electron chi connectivity index (χ0n) is 7.86. The van der Waals surface area contributed by atoms with Crippen molar-refractivity contribution in [3.8, 4) is 0 Å². The van der Waals surface area contributed by atoms with Crippen molar-refractivity contribution >= 4 is 21.7 Å². The number of ketones is 1. The van der Waals surface area contributed by atoms with E-state index in [0.717, 1.165) is 6.42 Å². The SMILES string of the molecule is CC1(C)[C@@H]2CC[C@]1(C)C(=O)[C@H]2Br. The van der Waals surface area contributed by atoms with Crippen LogP contribution in [0, 0.1) is 16.7 Å². The van der Waals surface area contributed by atoms with E-state index in [0.29, 0.717) is 11.7 Å². The van der Waals surface area contributed by atoms with Gasteiger partial charge in [-0.05, 0) is 24.2 Å². The molecule has 0 aromatic carbocycles. The summed E-state index contributed by atoms with van der Waals surface area (Å²) in [6, 6.07) is 0. The highest BCUT2D eigenvalue weighted by molar-refractivity contribution is 9.10. The van der Waals surface area contributed by atoms with E-state index in [1.165, 1.54) is 6.42 Å². The molecule has 2 rings (SSSR count). The Kier molecular flexibility index (Phi) is 1.56. The van der Waals surface area contributed by atoms with E-state index in [1.54, 1.807) is 0 Å². The van der Waals surface area contributed by atoms with Crippen LogP contribution in [0.3, 0.4) is 0 Å². The smallest absolute Gasteiger partial charge is 0.153 e. The standard InChI is InChI=1S/C10H15BrO/c1-9(2)6-4-5-10(9,3)8(12)7(6)11/h6-7H,4-5H2,1-3H3/t6-,7+,10-/m1/s1. The van der Waals surface area contributed by atoms with Crippen LogP contribution in [0.4, 0.5) is 0 Å². The topological polar surface area (TPSA) is 17.1 Å². The molecule has 2 saturated carbocycles. The molecule has 0 spiro atoms. The number of halogens is 1. The summed E-state index contributed by atoms with van der Waals surface area (Å²) < 4.78 is 0. The van der Waals surface area contributed by atoms with Crippen molar-refractivity contribution in [3.05, 3.63) is 0 Å². The predicted octanol–water partition coefficient (Wildman–Crippen LogP) is 2.78. The first kappa shape index (κ1) is 8.74. The summed E-state index contributed by atoms with van der Waals surface area (Å²) in [6.45, 7) is 6.62. The Morgan fingerprint density at radius 2 is 2.00 bits per heavy atom. The largest absolute Gasteiger partial charge is 0.298 e. The fraction of sp³-hybridized carbons (Fsp3) is 0.900. The highest BCUT2D eigenvalue weighted by atomic mass is 79.9. The molecule has 0 amide bonds. The van der Waals surface area contributed by atoms with E-state index in [9.17, 15) is 4.79 Å². The van der Waals surface area contributed by atoms with Crippen LogP contribution in [0.5, 0.6) is 0 Å². The van der Waals surface area contributed by atoms with Crippen molar-refractivity contribution in [2.45, 2.75) is 38.4 Å². The second kappa shape index (κ2) is 2.14. The van der Waals surface area contributed by atoms with Gasteiger partial charge in [0.15, 0.2) is 5.78 Å². The Morgan fingerprint density at radius 3 is 2.25 bits per heavy atom. The number of Topliss-reactive ketones (excluding diaryl/α,β-unsaturated/α-hetero) is 1. The third-order valence-corrected chi connectivity index (χ3v) is 5.51. The molecule has 0 unspecified atom stereocenters. The summed E-state index contributed by atoms with van der Waals surface area (Å²) in [5.41, 5.74) is 0.157. The molecule has 3 atom stereocenters. The Hall–Kier alpha value is 0.150. The zero-order chi connectivity index (χ0) is 9.15. The molecule has 2 aliphatic carbocycles. The van der Waals surface area contributed by atoms with Gasteiger partial charge in [0.25, 0.3) is 0 Å². The third-order valence-electron chi connectivity index (χ3n) is 4.45. The van der Waals surface area contributed by atoms with E-state index in [2.05, 4.69) is 36.7 Å². The van der Waals surface area contributed by atoms with Crippen molar-refractivity contribution in [1.29, 1.82) is 0 Å². The van der Waals surface area contributed by atoms with Gasteiger partial charge in [0, 0.05) is 5.41 Å². The van der Waals surface area contributed by atoms with E-state index in [1.807, 2.05) is 0 Å². The summed E-state index contributed by atoms with van der Waals surface area (Å²) in [7, 11) is 0. The molecule has 0 aromatic rings. The maximum atomic E-state index is 11.9. The van der Waals surface area contributed by atoms with Crippen LogP contribution in [0.1, 0.15) is 33.6 Å². The quantitative estimate of drug-likeness (QED) is 0.586. The zero-order valence-corrected chi connectivity index (χ0v) is 9.44. The highest BCUT2D eigenvalue weighted by Gasteiger charge is 2.65. The first-order chi connectivity index (χ1) is 5.41. The molecule has 0 heterocycles. The normalized spacial score (nSPS) is 50.2. The van der Waals surface area contributed by atoms with E-state index >= 15 is 0 Å². The van der Waals surface area contributed by atoms with Crippen molar-refractivity contribution in [3.63, 3.8) is 0 Å². The van der Waals surface area contributed by atoms with Crippen LogP contribution in [0.15, 0.2) is 0 Å². The van der Waals surface area contributed by atoms with Crippen molar-refractivity contribution < 1.29 is 4.79 Å². The monoisotopic (exact) mass is 230 g/mol. The van der Waals surface area contributed by atoms with Crippen molar-refractivity contribution in [2.24, 2.45) is 16.7 Å². The molecule has 0 saturated heterocycles. The van der Waals surface area contributed by atoms with Crippen LogP contribution < -0.4 is 0 Å². The average molecular weight is 231 g/mol. The number of alkyl halides is 1. The van der Waals surface area contributed by atoms with E-state index in [4.69, 9.17) is 0 Å². The van der Waals surface area contributed by atoms with Gasteiger partial charge in [-0.1, -0.05) is 36.7 Å². The Morgan fingerprint density at radius 1 is 1.42 bits per heavy atom. The second-order valence-electron chi connectivity index (χ2n) is 4.96. The lowest BCUT2D eigenvalue weighted by atomic mass is 9.70. The molecular weight excluding hydrogens is 216 g/mol. The lowest BCUT2D eigenvalue weighted by Crippen LogP contribution is -2.33. The van der Waals surface area contributed by atoms with E-state index < -0.39 is 0 Å². The van der Waals surface area contributed by atoms with Gasteiger partial charge in [-0.3, -0.25) is 4.79 Å². The van der Waals surface area contributed by atoms with Crippen LogP contribution in [-0.2, 0) is 4.79 Å². The molecule has 2 fully saturated rings. The summed E-state index contributed by atoms with van der Waals surface area (Å²) in [5, 5.41) is 0. The van der Waals surface area contributed by atoms with Gasteiger partial charge in [-0.25, -0.2) is 0 Å². The molecule has 2 bridgehead atoms. The summed E-state index contributed by atoms with van der Waals surface area (Å²) >= 11 is 3.52. The number of hydrogen-bond acceptors (Lipinski definition) is 1. The van der Waals surface area contributed by atoms with Crippen LogP contribution >= 0.6 is 15.9 Å². The number of rotatable bonds is 0. The molecule has 12 heavy (non-hydrogen) atoms. The molecular formula is C10H15BrO. The first-order valence-corrected chi connectivity index (χ1v) is 5.51. The van der Waals surface area contributed by atoms with Gasteiger partial charge >= 0.3 is 0 Å². The lowest BCUT2D eigenvalue weighted by Gasteiger charge is -2.32. The molecule has 0 N–H and O–H groups in total. The van der Waals surface area contributed by atoms with E-state index in [-0.39, 0.29) is 15.7 Å². The summed E-state index contributed by atoms with van der Waals surface area (Å²) in [4.78, 5) is 12.0. The van der Waals surface area contributed by atoms with Crippen molar-refractivity contribution in [2.75, 3.05) is 0 Å². The highest BCUT2D eigenvalue weighted by Crippen LogP contribution is 2.65. The number of fused-ring (bicyclic) bond motifs is 2. The number of carbonyl (C=O) groups is 1. The summed E-state index contributed by atoms with van der Waals surface area (Å²) in [6.07, 6.45) is 2.30. The van der Waals surface area contributed by atoms with Gasteiger partial charge in [0.1, 0.15) is 0 Å². The maximum Gasteiger partial charge on any atom is 0.153 e. The fourth-order valence-corrected chi connectivity index (χ4v) is 4.41. The molecule has 0 aromatic heterocycles. The Bertz CT molecular complexity index is 246. The minimum atomic E-state index is -0.0498. The number of carbonyl (C=O) groups excluding carboxylic acids is 1. The minimum absolute atomic E-state index is 0.0498. The van der Waals surface area contributed by atoms with Gasteiger partial charge in [-0.15, -0.1) is 0 Å². The molecule has 0 aliphatic heterocycles. The first-order valence-electron chi connectivity index (χ1n) is 4.59. The average Bonchev–Trinajstić information content (AvgIpc) is 2.26. The maximum absolute atomic E-state index is 11.9. The summed E-state index contributed by atoms with van der Waals surface area (Å²) in [5.74, 6) is 0.999.